The fourth-order valence-corrected chi connectivity index (χ4v) is 2.29. The molecule has 7 heteroatoms. The Labute approximate surface area is 117 Å². The van der Waals surface area contributed by atoms with E-state index in [0.29, 0.717) is 10.7 Å². The van der Waals surface area contributed by atoms with Crippen molar-refractivity contribution in [1.82, 2.24) is 0 Å². The third-order valence-corrected chi connectivity index (χ3v) is 4.84. The van der Waals surface area contributed by atoms with Crippen molar-refractivity contribution in [2.75, 3.05) is 11.1 Å². The smallest absolute Gasteiger partial charge is 0.242 e. The molecule has 0 radical (unpaired) electrons. The lowest BCUT2D eigenvalue weighted by Crippen LogP contribution is -2.33. The van der Waals surface area contributed by atoms with Crippen LogP contribution < -0.4 is 5.32 Å². The molecule has 0 aliphatic carbocycles. The average molecular weight is 301 g/mol. The van der Waals surface area contributed by atoms with Crippen LogP contribution >= 0.6 is 11.6 Å². The highest BCUT2D eigenvalue weighted by atomic mass is 35.5. The third-order valence-electron chi connectivity index (χ3n) is 2.61. The van der Waals surface area contributed by atoms with Gasteiger partial charge >= 0.3 is 0 Å². The summed E-state index contributed by atoms with van der Waals surface area (Å²) in [5.74, 6) is -1.37. The Morgan fingerprint density at radius 2 is 2.16 bits per heavy atom. The minimum Gasteiger partial charge on any atom is -0.325 e. The van der Waals surface area contributed by atoms with E-state index in [-0.39, 0.29) is 0 Å². The zero-order valence-corrected chi connectivity index (χ0v) is 12.0. The number of sulfone groups is 1. The molecular weight excluding hydrogens is 288 g/mol. The first-order valence-corrected chi connectivity index (χ1v) is 7.53. The highest BCUT2D eigenvalue weighted by Crippen LogP contribution is 2.20. The molecule has 1 amide bonds. The van der Waals surface area contributed by atoms with Gasteiger partial charge in [-0.05, 0) is 31.5 Å². The van der Waals surface area contributed by atoms with Gasteiger partial charge in [0.05, 0.1) is 6.07 Å². The monoisotopic (exact) mass is 300 g/mol. The van der Waals surface area contributed by atoms with E-state index in [2.05, 4.69) is 5.32 Å². The van der Waals surface area contributed by atoms with Crippen molar-refractivity contribution in [3.05, 3.63) is 28.8 Å². The van der Waals surface area contributed by atoms with Gasteiger partial charge in [-0.15, -0.1) is 0 Å². The molecule has 0 aliphatic rings. The standard InChI is InChI=1S/C12H13ClN2O3S/c1-8-3-4-10(7-11(8)13)15-12(16)9(2)19(17,18)6-5-14/h3-4,7,9H,6H2,1-2H3,(H,15,16). The Balaban J connectivity index is 2.86. The molecule has 102 valence electrons. The van der Waals surface area contributed by atoms with Gasteiger partial charge in [0.1, 0.15) is 11.0 Å². The Kier molecular flexibility index (Phi) is 4.92. The molecule has 0 spiro atoms. The summed E-state index contributed by atoms with van der Waals surface area (Å²) in [6.07, 6.45) is 0. The molecule has 19 heavy (non-hydrogen) atoms. The van der Waals surface area contributed by atoms with E-state index in [0.717, 1.165) is 5.56 Å². The number of carbonyl (C=O) groups is 1. The van der Waals surface area contributed by atoms with Crippen molar-refractivity contribution in [2.24, 2.45) is 0 Å². The maximum absolute atomic E-state index is 11.8. The van der Waals surface area contributed by atoms with Crippen LogP contribution in [0.5, 0.6) is 0 Å². The maximum atomic E-state index is 11.8. The molecule has 0 aliphatic heterocycles. The number of hydrogen-bond acceptors (Lipinski definition) is 4. The lowest BCUT2D eigenvalue weighted by molar-refractivity contribution is -0.115. The van der Waals surface area contributed by atoms with E-state index >= 15 is 0 Å². The first-order chi connectivity index (χ1) is 8.77. The highest BCUT2D eigenvalue weighted by molar-refractivity contribution is 7.92. The number of aryl methyl sites for hydroxylation is 1. The van der Waals surface area contributed by atoms with E-state index in [1.165, 1.54) is 13.0 Å². The first-order valence-electron chi connectivity index (χ1n) is 5.43. The quantitative estimate of drug-likeness (QED) is 0.920. The second-order valence-corrected chi connectivity index (χ2v) is 6.79. The molecule has 5 nitrogen and oxygen atoms in total. The number of rotatable bonds is 4. The van der Waals surface area contributed by atoms with Crippen molar-refractivity contribution in [3.8, 4) is 6.07 Å². The molecule has 0 saturated carbocycles. The number of nitrogens with one attached hydrogen (secondary N) is 1. The van der Waals surface area contributed by atoms with E-state index in [9.17, 15) is 13.2 Å². The fourth-order valence-electron chi connectivity index (χ4n) is 1.29. The second kappa shape index (κ2) is 6.04. The predicted octanol–water partition coefficient (Wildman–Crippen LogP) is 1.91. The van der Waals surface area contributed by atoms with Gasteiger partial charge in [0.2, 0.25) is 5.91 Å². The molecule has 0 saturated heterocycles. The highest BCUT2D eigenvalue weighted by Gasteiger charge is 2.27. The SMILES string of the molecule is Cc1ccc(NC(=O)C(C)S(=O)(=O)CC#N)cc1Cl. The topological polar surface area (TPSA) is 87.0 Å². The van der Waals surface area contributed by atoms with E-state index < -0.39 is 26.7 Å². The summed E-state index contributed by atoms with van der Waals surface area (Å²) in [6.45, 7) is 3.06. The lowest BCUT2D eigenvalue weighted by Gasteiger charge is -2.12. The number of nitriles is 1. The van der Waals surface area contributed by atoms with Gasteiger partial charge in [-0.2, -0.15) is 5.26 Å². The van der Waals surface area contributed by atoms with Crippen molar-refractivity contribution in [1.29, 1.82) is 5.26 Å². The van der Waals surface area contributed by atoms with E-state index in [1.807, 2.05) is 6.92 Å². The number of nitrogens with zero attached hydrogens (tertiary/aromatic N) is 1. The minimum atomic E-state index is -3.75. The van der Waals surface area contributed by atoms with Gasteiger partial charge in [0.25, 0.3) is 0 Å². The molecule has 1 N–H and O–H groups in total. The van der Waals surface area contributed by atoms with Crippen molar-refractivity contribution in [3.63, 3.8) is 0 Å². The van der Waals surface area contributed by atoms with E-state index in [4.69, 9.17) is 16.9 Å². The fraction of sp³-hybridized carbons (Fsp3) is 0.333. The molecule has 0 aromatic heterocycles. The van der Waals surface area contributed by atoms with Crippen molar-refractivity contribution < 1.29 is 13.2 Å². The molecule has 1 rings (SSSR count). The van der Waals surface area contributed by atoms with Crippen LogP contribution in [0.3, 0.4) is 0 Å². The largest absolute Gasteiger partial charge is 0.325 e. The van der Waals surface area contributed by atoms with Crippen LogP contribution in [-0.2, 0) is 14.6 Å². The van der Waals surface area contributed by atoms with Gasteiger partial charge in [0, 0.05) is 10.7 Å². The third kappa shape index (κ3) is 3.94. The summed E-state index contributed by atoms with van der Waals surface area (Å²) in [6, 6.07) is 6.42. The summed E-state index contributed by atoms with van der Waals surface area (Å²) in [7, 11) is -3.75. The van der Waals surface area contributed by atoms with Gasteiger partial charge in [0.15, 0.2) is 9.84 Å². The molecule has 0 fully saturated rings. The summed E-state index contributed by atoms with van der Waals surface area (Å²) < 4.78 is 23.1. The van der Waals surface area contributed by atoms with Gasteiger partial charge < -0.3 is 5.32 Å². The maximum Gasteiger partial charge on any atom is 0.242 e. The molecule has 1 unspecified atom stereocenters. The van der Waals surface area contributed by atoms with Crippen LogP contribution in [0.1, 0.15) is 12.5 Å². The average Bonchev–Trinajstić information content (AvgIpc) is 2.32. The molecule has 0 heterocycles. The Morgan fingerprint density at radius 1 is 1.53 bits per heavy atom. The van der Waals surface area contributed by atoms with Crippen LogP contribution in [0.4, 0.5) is 5.69 Å². The summed E-state index contributed by atoms with van der Waals surface area (Å²) >= 11 is 5.90. The predicted molar refractivity (Wildman–Crippen MR) is 73.7 cm³/mol. The minimum absolute atomic E-state index is 0.416. The molecule has 1 atom stereocenters. The van der Waals surface area contributed by atoms with Gasteiger partial charge in [-0.25, -0.2) is 8.42 Å². The molecule has 0 bridgehead atoms. The number of amides is 1. The number of carbonyl (C=O) groups excluding carboxylic acids is 1. The van der Waals surface area contributed by atoms with Crippen molar-refractivity contribution in [2.45, 2.75) is 19.1 Å². The molecular formula is C12H13ClN2O3S. The van der Waals surface area contributed by atoms with Gasteiger partial charge in [-0.3, -0.25) is 4.79 Å². The van der Waals surface area contributed by atoms with Crippen molar-refractivity contribution >= 4 is 33.0 Å². The summed E-state index contributed by atoms with van der Waals surface area (Å²) in [5.41, 5.74) is 1.27. The van der Waals surface area contributed by atoms with Gasteiger partial charge in [-0.1, -0.05) is 17.7 Å². The van der Waals surface area contributed by atoms with Crippen LogP contribution in [0.15, 0.2) is 18.2 Å². The van der Waals surface area contributed by atoms with E-state index in [1.54, 1.807) is 18.2 Å². The molecule has 1 aromatic rings. The normalized spacial score (nSPS) is 12.5. The van der Waals surface area contributed by atoms with Crippen LogP contribution in [0, 0.1) is 18.3 Å². The first kappa shape index (κ1) is 15.5. The van der Waals surface area contributed by atoms with Crippen LogP contribution in [-0.4, -0.2) is 25.3 Å². The Hall–Kier alpha value is -1.58. The Morgan fingerprint density at radius 3 is 2.68 bits per heavy atom. The zero-order chi connectivity index (χ0) is 14.6. The summed E-state index contributed by atoms with van der Waals surface area (Å²) in [4.78, 5) is 11.8. The number of benzene rings is 1. The summed E-state index contributed by atoms with van der Waals surface area (Å²) in [5, 5.41) is 10.1. The lowest BCUT2D eigenvalue weighted by atomic mass is 10.2. The number of hydrogen-bond donors (Lipinski definition) is 1. The zero-order valence-electron chi connectivity index (χ0n) is 10.5. The number of halogens is 1. The van der Waals surface area contributed by atoms with Crippen LogP contribution in [0.25, 0.3) is 0 Å². The number of anilines is 1. The Bertz CT molecular complexity index is 635. The second-order valence-electron chi connectivity index (χ2n) is 4.06. The molecule has 1 aromatic carbocycles. The van der Waals surface area contributed by atoms with Crippen LogP contribution in [0.2, 0.25) is 5.02 Å².